The summed E-state index contributed by atoms with van der Waals surface area (Å²) in [5.41, 5.74) is 3.78. The first-order valence-electron chi connectivity index (χ1n) is 8.75. The minimum absolute atomic E-state index is 0.146. The highest BCUT2D eigenvalue weighted by Crippen LogP contribution is 2.27. The first kappa shape index (κ1) is 19.3. The third-order valence-electron chi connectivity index (χ3n) is 4.66. The second kappa shape index (κ2) is 7.62. The normalized spacial score (nSPS) is 12.2. The molecule has 142 valence electrons. The van der Waals surface area contributed by atoms with Gasteiger partial charge < -0.3 is 19.4 Å². The number of aromatic nitrogens is 1. The molecule has 0 radical (unpaired) electrons. The molecule has 6 heteroatoms. The molecule has 0 bridgehead atoms. The van der Waals surface area contributed by atoms with Crippen molar-refractivity contribution in [2.24, 2.45) is 0 Å². The Labute approximate surface area is 163 Å². The van der Waals surface area contributed by atoms with Gasteiger partial charge in [0.15, 0.2) is 0 Å². The van der Waals surface area contributed by atoms with Gasteiger partial charge in [0, 0.05) is 28.9 Å². The quantitative estimate of drug-likeness (QED) is 0.657. The van der Waals surface area contributed by atoms with Gasteiger partial charge in [-0.3, -0.25) is 4.79 Å². The van der Waals surface area contributed by atoms with E-state index in [-0.39, 0.29) is 5.91 Å². The molecular weight excluding hydrogens is 364 g/mol. The molecule has 5 nitrogen and oxygen atoms in total. The van der Waals surface area contributed by atoms with Crippen LogP contribution in [0.1, 0.15) is 46.1 Å². The lowest BCUT2D eigenvalue weighted by atomic mass is 10.1. The van der Waals surface area contributed by atoms with Crippen LogP contribution in [0, 0.1) is 13.8 Å². The number of carbonyl (C=O) groups is 1. The maximum absolute atomic E-state index is 12.8. The van der Waals surface area contributed by atoms with Gasteiger partial charge in [0.1, 0.15) is 17.2 Å². The Balaban J connectivity index is 1.76. The van der Waals surface area contributed by atoms with Crippen LogP contribution in [0.25, 0.3) is 11.3 Å². The molecular formula is C21H23ClN2O3. The van der Waals surface area contributed by atoms with Crippen LogP contribution < -0.4 is 0 Å². The minimum atomic E-state index is -0.625. The van der Waals surface area contributed by atoms with Crippen molar-refractivity contribution in [2.45, 2.75) is 33.4 Å². The topological polar surface area (TPSA) is 69.5 Å². The number of nitrogens with zero attached hydrogens (tertiary/aromatic N) is 1. The van der Waals surface area contributed by atoms with Gasteiger partial charge in [0.2, 0.25) is 0 Å². The molecule has 1 amide bonds. The highest BCUT2D eigenvalue weighted by Gasteiger charge is 2.23. The maximum atomic E-state index is 12.8. The van der Waals surface area contributed by atoms with Crippen LogP contribution in [-0.4, -0.2) is 27.9 Å². The summed E-state index contributed by atoms with van der Waals surface area (Å²) in [6.07, 6.45) is -0.625. The number of aromatic amines is 1. The van der Waals surface area contributed by atoms with Crippen molar-refractivity contribution in [2.75, 3.05) is 7.05 Å². The van der Waals surface area contributed by atoms with Gasteiger partial charge in [-0.2, -0.15) is 0 Å². The van der Waals surface area contributed by atoms with Crippen LogP contribution in [-0.2, 0) is 6.54 Å². The molecule has 3 rings (SSSR count). The lowest BCUT2D eigenvalue weighted by Crippen LogP contribution is -2.27. The molecule has 1 unspecified atom stereocenters. The molecule has 1 aromatic carbocycles. The van der Waals surface area contributed by atoms with Crippen molar-refractivity contribution in [3.05, 3.63) is 69.7 Å². The van der Waals surface area contributed by atoms with Gasteiger partial charge >= 0.3 is 0 Å². The second-order valence-corrected chi connectivity index (χ2v) is 7.21. The van der Waals surface area contributed by atoms with Crippen molar-refractivity contribution < 1.29 is 14.3 Å². The van der Waals surface area contributed by atoms with Crippen molar-refractivity contribution in [3.63, 3.8) is 0 Å². The van der Waals surface area contributed by atoms with Gasteiger partial charge in [-0.05, 0) is 62.7 Å². The van der Waals surface area contributed by atoms with E-state index >= 15 is 0 Å². The first-order valence-corrected chi connectivity index (χ1v) is 9.13. The summed E-state index contributed by atoms with van der Waals surface area (Å²) in [5.74, 6) is 1.27. The molecule has 0 aliphatic carbocycles. The first-order chi connectivity index (χ1) is 12.8. The van der Waals surface area contributed by atoms with Crippen LogP contribution in [0.5, 0.6) is 0 Å². The number of aliphatic hydroxyl groups excluding tert-OH is 1. The number of furan rings is 1. The molecule has 0 aliphatic heterocycles. The van der Waals surface area contributed by atoms with E-state index in [0.29, 0.717) is 23.0 Å². The van der Waals surface area contributed by atoms with E-state index in [4.69, 9.17) is 16.0 Å². The number of rotatable bonds is 5. The number of amides is 1. The fourth-order valence-electron chi connectivity index (χ4n) is 3.33. The van der Waals surface area contributed by atoms with E-state index in [2.05, 4.69) is 4.98 Å². The lowest BCUT2D eigenvalue weighted by molar-refractivity contribution is 0.0769. The summed E-state index contributed by atoms with van der Waals surface area (Å²) in [6.45, 7) is 5.74. The Morgan fingerprint density at radius 1 is 1.22 bits per heavy atom. The third-order valence-corrected chi connectivity index (χ3v) is 4.91. The minimum Gasteiger partial charge on any atom is -0.459 e. The summed E-state index contributed by atoms with van der Waals surface area (Å²) in [4.78, 5) is 17.5. The van der Waals surface area contributed by atoms with Gasteiger partial charge in [0.05, 0.1) is 12.6 Å². The number of carbonyl (C=O) groups excluding carboxylic acids is 1. The van der Waals surface area contributed by atoms with Crippen molar-refractivity contribution in [1.29, 1.82) is 0 Å². The summed E-state index contributed by atoms with van der Waals surface area (Å²) in [5, 5.41) is 10.6. The predicted molar refractivity (Wildman–Crippen MR) is 106 cm³/mol. The van der Waals surface area contributed by atoms with E-state index in [1.807, 2.05) is 50.2 Å². The average Bonchev–Trinajstić information content (AvgIpc) is 3.19. The highest BCUT2D eigenvalue weighted by molar-refractivity contribution is 6.30. The summed E-state index contributed by atoms with van der Waals surface area (Å²) in [6, 6.07) is 11.1. The number of halogens is 1. The maximum Gasteiger partial charge on any atom is 0.270 e. The summed E-state index contributed by atoms with van der Waals surface area (Å²) >= 11 is 5.92. The summed E-state index contributed by atoms with van der Waals surface area (Å²) in [7, 11) is 1.73. The highest BCUT2D eigenvalue weighted by atomic mass is 35.5. The fourth-order valence-corrected chi connectivity index (χ4v) is 3.46. The van der Waals surface area contributed by atoms with E-state index in [1.54, 1.807) is 18.9 Å². The van der Waals surface area contributed by atoms with Gasteiger partial charge in [-0.15, -0.1) is 0 Å². The largest absolute Gasteiger partial charge is 0.459 e. The lowest BCUT2D eigenvalue weighted by Gasteiger charge is -2.15. The average molecular weight is 387 g/mol. The molecule has 0 spiro atoms. The van der Waals surface area contributed by atoms with Gasteiger partial charge in [-0.1, -0.05) is 11.6 Å². The van der Waals surface area contributed by atoms with Crippen LogP contribution in [0.2, 0.25) is 5.02 Å². The molecule has 2 N–H and O–H groups in total. The van der Waals surface area contributed by atoms with Crippen LogP contribution in [0.4, 0.5) is 0 Å². The Bertz CT molecular complexity index is 954. The smallest absolute Gasteiger partial charge is 0.270 e. The molecule has 0 aliphatic rings. The van der Waals surface area contributed by atoms with Gasteiger partial charge in [0.25, 0.3) is 5.91 Å². The molecule has 1 atom stereocenters. The Morgan fingerprint density at radius 2 is 1.89 bits per heavy atom. The SMILES string of the molecule is Cc1[nH]c(C(=O)N(C)Cc2ccc(-c3ccc(Cl)cc3)o2)c(C)c1C(C)O. The van der Waals surface area contributed by atoms with Crippen LogP contribution in [0.15, 0.2) is 40.8 Å². The fraction of sp³-hybridized carbons (Fsp3) is 0.286. The van der Waals surface area contributed by atoms with E-state index in [0.717, 1.165) is 28.1 Å². The zero-order valence-corrected chi connectivity index (χ0v) is 16.6. The molecule has 0 saturated heterocycles. The van der Waals surface area contributed by atoms with Crippen molar-refractivity contribution >= 4 is 17.5 Å². The molecule has 0 saturated carbocycles. The number of hydrogen-bond acceptors (Lipinski definition) is 3. The molecule has 0 fully saturated rings. The predicted octanol–water partition coefficient (Wildman–Crippen LogP) is 4.87. The molecule has 2 aromatic heterocycles. The van der Waals surface area contributed by atoms with Crippen LogP contribution in [0.3, 0.4) is 0 Å². The third kappa shape index (κ3) is 3.94. The van der Waals surface area contributed by atoms with Crippen molar-refractivity contribution in [1.82, 2.24) is 9.88 Å². The standard InChI is InChI=1S/C21H23ClN2O3/c1-12-19(14(3)25)13(2)23-20(12)21(26)24(4)11-17-9-10-18(27-17)15-5-7-16(22)8-6-15/h5-10,14,23,25H,11H2,1-4H3. The Hall–Kier alpha value is -2.50. The van der Waals surface area contributed by atoms with E-state index < -0.39 is 6.10 Å². The molecule has 2 heterocycles. The molecule has 27 heavy (non-hydrogen) atoms. The number of hydrogen-bond donors (Lipinski definition) is 2. The zero-order chi connectivity index (χ0) is 19.7. The Kier molecular flexibility index (Phi) is 5.44. The zero-order valence-electron chi connectivity index (χ0n) is 15.8. The number of nitrogens with one attached hydrogen (secondary N) is 1. The molecule has 3 aromatic rings. The number of aliphatic hydroxyl groups is 1. The second-order valence-electron chi connectivity index (χ2n) is 6.77. The summed E-state index contributed by atoms with van der Waals surface area (Å²) < 4.78 is 5.88. The van der Waals surface area contributed by atoms with E-state index in [1.165, 1.54) is 0 Å². The Morgan fingerprint density at radius 3 is 2.48 bits per heavy atom. The monoisotopic (exact) mass is 386 g/mol. The van der Waals surface area contributed by atoms with Crippen LogP contribution >= 0.6 is 11.6 Å². The van der Waals surface area contributed by atoms with E-state index in [9.17, 15) is 9.90 Å². The number of aryl methyl sites for hydroxylation is 1. The van der Waals surface area contributed by atoms with Gasteiger partial charge in [-0.25, -0.2) is 0 Å². The number of H-pyrrole nitrogens is 1. The number of benzene rings is 1. The van der Waals surface area contributed by atoms with Crippen molar-refractivity contribution in [3.8, 4) is 11.3 Å².